The third-order valence-corrected chi connectivity index (χ3v) is 4.40. The number of aromatic nitrogens is 2. The van der Waals surface area contributed by atoms with Crippen molar-refractivity contribution in [3.63, 3.8) is 0 Å². The minimum absolute atomic E-state index is 0.251. The van der Waals surface area contributed by atoms with Gasteiger partial charge in [-0.1, -0.05) is 36.4 Å². The monoisotopic (exact) mass is 357 g/mol. The average Bonchev–Trinajstić information content (AvgIpc) is 3.26. The van der Waals surface area contributed by atoms with E-state index in [2.05, 4.69) is 5.10 Å². The number of nitrogens with zero attached hydrogens (tertiary/aromatic N) is 3. The first-order valence-electron chi connectivity index (χ1n) is 8.07. The van der Waals surface area contributed by atoms with Gasteiger partial charge in [-0.2, -0.15) is 18.3 Å². The van der Waals surface area contributed by atoms with Gasteiger partial charge in [0.15, 0.2) is 5.69 Å². The maximum atomic E-state index is 13.7. The van der Waals surface area contributed by atoms with Gasteiger partial charge in [0.2, 0.25) is 0 Å². The summed E-state index contributed by atoms with van der Waals surface area (Å²) in [5.41, 5.74) is 0.347. The van der Waals surface area contributed by atoms with Crippen molar-refractivity contribution in [2.45, 2.75) is 12.6 Å². The second-order valence-electron chi connectivity index (χ2n) is 5.99. The fourth-order valence-corrected chi connectivity index (χ4v) is 3.24. The lowest BCUT2D eigenvalue weighted by atomic mass is 10.1. The average molecular weight is 357 g/mol. The number of hydrogen-bond donors (Lipinski definition) is 0. The van der Waals surface area contributed by atoms with Crippen molar-refractivity contribution in [2.75, 3.05) is 11.4 Å². The Bertz CT molecular complexity index is 964. The predicted molar refractivity (Wildman–Crippen MR) is 90.4 cm³/mol. The Balaban J connectivity index is 1.81. The van der Waals surface area contributed by atoms with E-state index >= 15 is 0 Å². The Morgan fingerprint density at radius 1 is 1.00 bits per heavy atom. The minimum atomic E-state index is -4.71. The molecule has 132 valence electrons. The molecule has 4 rings (SSSR count). The van der Waals surface area contributed by atoms with Crippen molar-refractivity contribution >= 4 is 11.6 Å². The Kier molecular flexibility index (Phi) is 3.79. The van der Waals surface area contributed by atoms with Crippen molar-refractivity contribution in [1.29, 1.82) is 0 Å². The number of hydrogen-bond acceptors (Lipinski definition) is 2. The Morgan fingerprint density at radius 3 is 2.42 bits per heavy atom. The van der Waals surface area contributed by atoms with Crippen LogP contribution in [0.2, 0.25) is 0 Å². The lowest BCUT2D eigenvalue weighted by molar-refractivity contribution is -0.143. The van der Waals surface area contributed by atoms with Crippen LogP contribution in [-0.2, 0) is 12.6 Å². The molecule has 1 aliphatic heterocycles. The molecular weight excluding hydrogens is 343 g/mol. The maximum Gasteiger partial charge on any atom is 0.434 e. The standard InChI is InChI=1S/C19H14F3N3O/c20-19(21,22)17-15(12-23-25(17)14-7-2-1-3-8-14)18(26)24-11-10-13-6-4-5-9-16(13)24/h1-9,12H,10-11H2. The summed E-state index contributed by atoms with van der Waals surface area (Å²) in [7, 11) is 0. The highest BCUT2D eigenvalue weighted by Crippen LogP contribution is 2.36. The van der Waals surface area contributed by atoms with E-state index in [1.54, 1.807) is 30.3 Å². The van der Waals surface area contributed by atoms with E-state index in [9.17, 15) is 18.0 Å². The van der Waals surface area contributed by atoms with Gasteiger partial charge in [-0.15, -0.1) is 0 Å². The van der Waals surface area contributed by atoms with Gasteiger partial charge < -0.3 is 4.90 Å². The first-order chi connectivity index (χ1) is 12.5. The van der Waals surface area contributed by atoms with Gasteiger partial charge in [-0.25, -0.2) is 4.68 Å². The maximum absolute atomic E-state index is 13.7. The molecule has 0 radical (unpaired) electrons. The molecule has 0 saturated carbocycles. The number of benzene rings is 2. The third kappa shape index (κ3) is 2.65. The molecule has 0 unspecified atom stereocenters. The van der Waals surface area contributed by atoms with E-state index in [0.717, 1.165) is 16.4 Å². The van der Waals surface area contributed by atoms with Crippen LogP contribution in [-0.4, -0.2) is 22.2 Å². The molecule has 0 fully saturated rings. The molecule has 2 aromatic carbocycles. The number of carbonyl (C=O) groups excluding carboxylic acids is 1. The largest absolute Gasteiger partial charge is 0.434 e. The summed E-state index contributed by atoms with van der Waals surface area (Å²) in [5, 5.41) is 3.85. The van der Waals surface area contributed by atoms with Gasteiger partial charge >= 0.3 is 6.18 Å². The number of alkyl halides is 3. The molecule has 26 heavy (non-hydrogen) atoms. The summed E-state index contributed by atoms with van der Waals surface area (Å²) >= 11 is 0. The molecule has 7 heteroatoms. The normalized spacial score (nSPS) is 13.7. The molecule has 1 aromatic heterocycles. The van der Waals surface area contributed by atoms with Crippen LogP contribution in [0.1, 0.15) is 21.6 Å². The van der Waals surface area contributed by atoms with E-state index < -0.39 is 23.3 Å². The van der Waals surface area contributed by atoms with Crippen LogP contribution < -0.4 is 4.90 Å². The predicted octanol–water partition coefficient (Wildman–Crippen LogP) is 4.09. The summed E-state index contributed by atoms with van der Waals surface area (Å²) in [4.78, 5) is 14.3. The number of amides is 1. The van der Waals surface area contributed by atoms with Crippen LogP contribution in [0.3, 0.4) is 0 Å². The van der Waals surface area contributed by atoms with Gasteiger partial charge in [0.05, 0.1) is 17.4 Å². The van der Waals surface area contributed by atoms with Crippen molar-refractivity contribution in [3.05, 3.63) is 77.6 Å². The van der Waals surface area contributed by atoms with E-state index in [1.807, 2.05) is 12.1 Å². The number of para-hydroxylation sites is 2. The van der Waals surface area contributed by atoms with Gasteiger partial charge in [-0.3, -0.25) is 4.79 Å². The summed E-state index contributed by atoms with van der Waals surface area (Å²) in [5.74, 6) is -0.690. The van der Waals surface area contributed by atoms with Crippen LogP contribution in [0.25, 0.3) is 5.69 Å². The molecule has 1 amide bonds. The number of carbonyl (C=O) groups is 1. The van der Waals surface area contributed by atoms with Crippen LogP contribution in [0.5, 0.6) is 0 Å². The summed E-state index contributed by atoms with van der Waals surface area (Å²) in [6, 6.07) is 15.2. The Hall–Kier alpha value is -3.09. The first-order valence-corrected chi connectivity index (χ1v) is 8.07. The minimum Gasteiger partial charge on any atom is -0.308 e. The molecular formula is C19H14F3N3O. The van der Waals surface area contributed by atoms with E-state index in [4.69, 9.17) is 0 Å². The first kappa shape index (κ1) is 16.4. The lowest BCUT2D eigenvalue weighted by Gasteiger charge is -2.18. The summed E-state index contributed by atoms with van der Waals surface area (Å²) < 4.78 is 42.0. The molecule has 0 aliphatic carbocycles. The lowest BCUT2D eigenvalue weighted by Crippen LogP contribution is -2.31. The smallest absolute Gasteiger partial charge is 0.308 e. The van der Waals surface area contributed by atoms with E-state index in [1.165, 1.54) is 17.0 Å². The number of rotatable bonds is 2. The molecule has 1 aliphatic rings. The SMILES string of the molecule is O=C(c1cnn(-c2ccccc2)c1C(F)(F)F)N1CCc2ccccc21. The highest BCUT2D eigenvalue weighted by molar-refractivity contribution is 6.08. The van der Waals surface area contributed by atoms with Gasteiger partial charge in [0.1, 0.15) is 0 Å². The van der Waals surface area contributed by atoms with Crippen LogP contribution in [0.4, 0.5) is 18.9 Å². The third-order valence-electron chi connectivity index (χ3n) is 4.40. The van der Waals surface area contributed by atoms with Gasteiger partial charge in [0, 0.05) is 12.2 Å². The summed E-state index contributed by atoms with van der Waals surface area (Å²) in [6.45, 7) is 0.353. The Morgan fingerprint density at radius 2 is 1.69 bits per heavy atom. The molecule has 0 spiro atoms. The van der Waals surface area contributed by atoms with Gasteiger partial charge in [0.25, 0.3) is 5.91 Å². The molecule has 0 N–H and O–H groups in total. The second kappa shape index (κ2) is 6.01. The fourth-order valence-electron chi connectivity index (χ4n) is 3.24. The van der Waals surface area contributed by atoms with Crippen molar-refractivity contribution < 1.29 is 18.0 Å². The Labute approximate surface area is 147 Å². The zero-order chi connectivity index (χ0) is 18.3. The zero-order valence-electron chi connectivity index (χ0n) is 13.6. The zero-order valence-corrected chi connectivity index (χ0v) is 13.6. The van der Waals surface area contributed by atoms with Gasteiger partial charge in [-0.05, 0) is 30.2 Å². The molecule has 0 atom stereocenters. The highest BCUT2D eigenvalue weighted by atomic mass is 19.4. The van der Waals surface area contributed by atoms with Crippen LogP contribution in [0.15, 0.2) is 60.8 Å². The van der Waals surface area contributed by atoms with E-state index in [-0.39, 0.29) is 5.69 Å². The van der Waals surface area contributed by atoms with Crippen molar-refractivity contribution in [3.8, 4) is 5.69 Å². The quantitative estimate of drug-likeness (QED) is 0.693. The van der Waals surface area contributed by atoms with Crippen LogP contribution >= 0.6 is 0 Å². The molecule has 3 aromatic rings. The summed E-state index contributed by atoms with van der Waals surface area (Å²) in [6.07, 6.45) is -3.09. The molecule has 4 nitrogen and oxygen atoms in total. The van der Waals surface area contributed by atoms with Crippen molar-refractivity contribution in [1.82, 2.24) is 9.78 Å². The van der Waals surface area contributed by atoms with Crippen molar-refractivity contribution in [2.24, 2.45) is 0 Å². The molecule has 0 saturated heterocycles. The fraction of sp³-hybridized carbons (Fsp3) is 0.158. The second-order valence-corrected chi connectivity index (χ2v) is 5.99. The molecule has 0 bridgehead atoms. The van der Waals surface area contributed by atoms with Crippen LogP contribution in [0, 0.1) is 0 Å². The van der Waals surface area contributed by atoms with E-state index in [0.29, 0.717) is 18.7 Å². The highest BCUT2D eigenvalue weighted by Gasteiger charge is 2.42. The topological polar surface area (TPSA) is 38.1 Å². The number of halogens is 3. The number of anilines is 1. The molecule has 2 heterocycles. The number of fused-ring (bicyclic) bond motifs is 1.